The Bertz CT molecular complexity index is 1410. The van der Waals surface area contributed by atoms with E-state index in [2.05, 4.69) is 113 Å². The van der Waals surface area contributed by atoms with Gasteiger partial charge in [-0.1, -0.05) is 171 Å². The zero-order chi connectivity index (χ0) is 35.8. The number of unbranched alkanes of at least 4 members (excludes halogenated alkanes) is 14. The summed E-state index contributed by atoms with van der Waals surface area (Å²) in [4.78, 5) is 0. The van der Waals surface area contributed by atoms with Gasteiger partial charge in [0, 0.05) is 13.0 Å². The summed E-state index contributed by atoms with van der Waals surface area (Å²) in [5, 5.41) is 5.27. The summed E-state index contributed by atoms with van der Waals surface area (Å²) in [5.41, 5.74) is 12.3. The Morgan fingerprint density at radius 2 is 1.08 bits per heavy atom. The number of rotatable bonds is 26. The highest BCUT2D eigenvalue weighted by Crippen LogP contribution is 2.34. The Morgan fingerprint density at radius 1 is 0.560 bits per heavy atom. The van der Waals surface area contributed by atoms with Crippen LogP contribution in [0.2, 0.25) is 0 Å². The molecule has 0 aliphatic heterocycles. The van der Waals surface area contributed by atoms with Gasteiger partial charge in [-0.05, 0) is 108 Å². The molecule has 274 valence electrons. The first-order chi connectivity index (χ1) is 24.5. The summed E-state index contributed by atoms with van der Waals surface area (Å²) >= 11 is 0. The Morgan fingerprint density at radius 3 is 1.70 bits per heavy atom. The second-order valence-electron chi connectivity index (χ2n) is 14.9. The third kappa shape index (κ3) is 15.5. The Labute approximate surface area is 308 Å². The molecule has 0 atom stereocenters. The van der Waals surface area contributed by atoms with Crippen LogP contribution in [0.25, 0.3) is 17.2 Å². The van der Waals surface area contributed by atoms with Crippen molar-refractivity contribution in [2.75, 3.05) is 7.05 Å². The number of nitrogens with zero attached hydrogens (tertiary/aromatic N) is 2. The number of benzene rings is 3. The lowest BCUT2D eigenvalue weighted by molar-refractivity contribution is -0.510. The molecule has 0 heterocycles. The van der Waals surface area contributed by atoms with Crippen molar-refractivity contribution < 1.29 is 4.70 Å². The summed E-state index contributed by atoms with van der Waals surface area (Å²) in [7, 11) is 2.12. The Hall–Kier alpha value is -3.00. The van der Waals surface area contributed by atoms with Gasteiger partial charge in [-0.2, -0.15) is 0 Å². The fourth-order valence-electron chi connectivity index (χ4n) is 7.23. The van der Waals surface area contributed by atoms with E-state index >= 15 is 0 Å². The van der Waals surface area contributed by atoms with Gasteiger partial charge in [0.05, 0.1) is 0 Å². The van der Waals surface area contributed by atoms with E-state index in [1.807, 2.05) is 0 Å². The number of allylic oxidation sites excluding steroid dienone is 1. The maximum Gasteiger partial charge on any atom is 0.205 e. The average molecular weight is 678 g/mol. The van der Waals surface area contributed by atoms with Gasteiger partial charge < -0.3 is 0 Å². The molecule has 3 aromatic rings. The van der Waals surface area contributed by atoms with E-state index in [1.54, 1.807) is 5.56 Å². The van der Waals surface area contributed by atoms with Crippen LogP contribution in [0.4, 0.5) is 5.69 Å². The molecule has 0 unspecified atom stereocenters. The molecule has 0 aromatic heterocycles. The van der Waals surface area contributed by atoms with Gasteiger partial charge in [0.2, 0.25) is 5.70 Å². The molecule has 0 saturated heterocycles. The molecule has 0 fully saturated rings. The molecular formula is C48H73N2+. The predicted octanol–water partition coefficient (Wildman–Crippen LogP) is 15.4. The Kier molecular flexibility index (Phi) is 20.7. The predicted molar refractivity (Wildman–Crippen MR) is 221 cm³/mol. The van der Waals surface area contributed by atoms with E-state index in [-0.39, 0.29) is 0 Å². The minimum atomic E-state index is 1.07. The van der Waals surface area contributed by atoms with Crippen molar-refractivity contribution in [3.63, 3.8) is 0 Å². The van der Waals surface area contributed by atoms with Crippen molar-refractivity contribution in [2.24, 2.45) is 5.11 Å². The van der Waals surface area contributed by atoms with Gasteiger partial charge in [-0.25, -0.2) is 0 Å². The first-order valence-corrected chi connectivity index (χ1v) is 21.0. The average Bonchev–Trinajstić information content (AvgIpc) is 3.12. The summed E-state index contributed by atoms with van der Waals surface area (Å²) in [6.07, 6.45) is 30.6. The van der Waals surface area contributed by atoms with Crippen LogP contribution >= 0.6 is 0 Å². The summed E-state index contributed by atoms with van der Waals surface area (Å²) < 4.78 is 2.10. The smallest absolute Gasteiger partial charge is 0.0909 e. The van der Waals surface area contributed by atoms with Crippen LogP contribution in [0.15, 0.2) is 71.5 Å². The third-order valence-electron chi connectivity index (χ3n) is 10.4. The molecule has 0 saturated carbocycles. The quantitative estimate of drug-likeness (QED) is 0.0456. The molecule has 3 aromatic carbocycles. The van der Waals surface area contributed by atoms with Crippen molar-refractivity contribution in [3.05, 3.63) is 94.2 Å². The second-order valence-corrected chi connectivity index (χ2v) is 14.9. The lowest BCUT2D eigenvalue weighted by Gasteiger charge is -2.17. The molecule has 2 heteroatoms. The van der Waals surface area contributed by atoms with Crippen molar-refractivity contribution >= 4 is 11.8 Å². The standard InChI is InChI=1S/C48H73N2/c1-7-11-15-18-20-24-32-45-38-46(39-48(44-30-25-22-26-31-44)47(45)33-27-21-19-16-12-8-2)49-50(6)40(5)34-43-36-41(28-14-10-4)35-42(37-43)29-23-17-13-9-3/h22,25-26,30-31,34-39H,7-21,23-24,27-29,32-33H2,1-6H3/q+1. The molecule has 0 spiro atoms. The lowest BCUT2D eigenvalue weighted by Crippen LogP contribution is -2.02. The van der Waals surface area contributed by atoms with Crippen LogP contribution in [0, 0.1) is 0 Å². The minimum absolute atomic E-state index is 1.07. The molecule has 0 bridgehead atoms. The largest absolute Gasteiger partial charge is 0.205 e. The van der Waals surface area contributed by atoms with Crippen LogP contribution in [-0.4, -0.2) is 11.7 Å². The van der Waals surface area contributed by atoms with E-state index in [9.17, 15) is 0 Å². The maximum absolute atomic E-state index is 5.27. The van der Waals surface area contributed by atoms with Crippen molar-refractivity contribution in [1.82, 2.24) is 0 Å². The topological polar surface area (TPSA) is 15.4 Å². The SMILES string of the molecule is CCCCCCCCc1cc(N=[N+](C)C(C)=Cc2cc(CCCC)cc(CCCCCC)c2)cc(-c2ccccc2)c1CCCCCCCC. The normalized spacial score (nSPS) is 12.2. The number of hydrogen-bond donors (Lipinski definition) is 0. The first kappa shape index (κ1) is 41.4. The number of azo groups is 2. The maximum atomic E-state index is 5.27. The highest BCUT2D eigenvalue weighted by molar-refractivity contribution is 5.72. The fraction of sp³-hybridized carbons (Fsp3) is 0.583. The van der Waals surface area contributed by atoms with Crippen LogP contribution < -0.4 is 0 Å². The third-order valence-corrected chi connectivity index (χ3v) is 10.4. The molecule has 50 heavy (non-hydrogen) atoms. The van der Waals surface area contributed by atoms with E-state index in [4.69, 9.17) is 5.11 Å². The van der Waals surface area contributed by atoms with Crippen LogP contribution in [0.5, 0.6) is 0 Å². The number of hydrogen-bond acceptors (Lipinski definition) is 1. The van der Waals surface area contributed by atoms with Gasteiger partial charge in [-0.3, -0.25) is 0 Å². The van der Waals surface area contributed by atoms with Crippen molar-refractivity contribution in [2.45, 2.75) is 176 Å². The first-order valence-electron chi connectivity index (χ1n) is 21.0. The number of aryl methyl sites for hydroxylation is 3. The van der Waals surface area contributed by atoms with Crippen LogP contribution in [0.3, 0.4) is 0 Å². The molecule has 0 N–H and O–H groups in total. The summed E-state index contributed by atoms with van der Waals surface area (Å²) in [6, 6.07) is 23.2. The monoisotopic (exact) mass is 678 g/mol. The molecule has 3 rings (SSSR count). The molecule has 0 radical (unpaired) electrons. The van der Waals surface area contributed by atoms with Crippen molar-refractivity contribution in [1.29, 1.82) is 0 Å². The zero-order valence-corrected chi connectivity index (χ0v) is 33.3. The van der Waals surface area contributed by atoms with Crippen LogP contribution in [0.1, 0.15) is 178 Å². The van der Waals surface area contributed by atoms with Crippen molar-refractivity contribution in [3.8, 4) is 11.1 Å². The highest BCUT2D eigenvalue weighted by atomic mass is 15.2. The van der Waals surface area contributed by atoms with Gasteiger partial charge in [0.1, 0.15) is 5.69 Å². The summed E-state index contributed by atoms with van der Waals surface area (Å²) in [6.45, 7) is 11.4. The minimum Gasteiger partial charge on any atom is -0.0909 e. The molecule has 2 nitrogen and oxygen atoms in total. The van der Waals surface area contributed by atoms with E-state index < -0.39 is 0 Å². The Balaban J connectivity index is 1.96. The zero-order valence-electron chi connectivity index (χ0n) is 33.3. The van der Waals surface area contributed by atoms with Crippen LogP contribution in [-0.2, 0) is 25.7 Å². The molecule has 0 aliphatic carbocycles. The molecule has 0 aliphatic rings. The van der Waals surface area contributed by atoms with Gasteiger partial charge in [-0.15, -0.1) is 0 Å². The van der Waals surface area contributed by atoms with E-state index in [1.165, 1.54) is 161 Å². The fourth-order valence-corrected chi connectivity index (χ4v) is 7.23. The van der Waals surface area contributed by atoms with E-state index in [0.29, 0.717) is 0 Å². The highest BCUT2D eigenvalue weighted by Gasteiger charge is 2.15. The molecule has 0 amide bonds. The molecular weight excluding hydrogens is 605 g/mol. The summed E-state index contributed by atoms with van der Waals surface area (Å²) in [5.74, 6) is 0. The van der Waals surface area contributed by atoms with Gasteiger partial charge in [0.15, 0.2) is 7.05 Å². The van der Waals surface area contributed by atoms with Gasteiger partial charge >= 0.3 is 0 Å². The lowest BCUT2D eigenvalue weighted by atomic mass is 9.88. The van der Waals surface area contributed by atoms with E-state index in [0.717, 1.165) is 24.9 Å². The second kappa shape index (κ2) is 25.0. The van der Waals surface area contributed by atoms with Gasteiger partial charge in [0.25, 0.3) is 0 Å².